The van der Waals surface area contributed by atoms with E-state index in [2.05, 4.69) is 22.7 Å². The molecule has 0 aliphatic rings. The summed E-state index contributed by atoms with van der Waals surface area (Å²) in [6, 6.07) is 6.16. The molecule has 0 aliphatic heterocycles. The second kappa shape index (κ2) is 4.45. The van der Waals surface area contributed by atoms with Gasteiger partial charge >= 0.3 is 0 Å². The van der Waals surface area contributed by atoms with Gasteiger partial charge in [0, 0.05) is 26.3 Å². The first kappa shape index (κ1) is 12.9. The summed E-state index contributed by atoms with van der Waals surface area (Å²) in [6.45, 7) is 4.63. The Kier molecular flexibility index (Phi) is 2.87. The fourth-order valence-corrected chi connectivity index (χ4v) is 2.68. The van der Waals surface area contributed by atoms with Gasteiger partial charge in [-0.1, -0.05) is 6.07 Å². The lowest BCUT2D eigenvalue weighted by molar-refractivity contribution is 0.731. The smallest absolute Gasteiger partial charge is 0.144 e. The van der Waals surface area contributed by atoms with Gasteiger partial charge in [0.2, 0.25) is 0 Å². The Balaban J connectivity index is 2.29. The van der Waals surface area contributed by atoms with Gasteiger partial charge in [0.05, 0.1) is 22.3 Å². The molecule has 3 aromatic rings. The molecule has 3 rings (SSSR count). The number of nitrogens with two attached hydrogens (primary N) is 1. The minimum atomic E-state index is 0.543. The van der Waals surface area contributed by atoms with Gasteiger partial charge in [-0.15, -0.1) is 0 Å². The van der Waals surface area contributed by atoms with Gasteiger partial charge < -0.3 is 10.3 Å². The Hall–Kier alpha value is -2.14. The van der Waals surface area contributed by atoms with Crippen LogP contribution in [0.1, 0.15) is 17.0 Å². The lowest BCUT2D eigenvalue weighted by Crippen LogP contribution is -1.98. The minimum Gasteiger partial charge on any atom is -0.327 e. The lowest BCUT2D eigenvalue weighted by Gasteiger charge is -2.03. The highest BCUT2D eigenvalue weighted by molar-refractivity contribution is 5.82. The molecule has 0 saturated carbocycles. The quantitative estimate of drug-likeness (QED) is 0.774. The molecule has 0 unspecified atom stereocenters. The van der Waals surface area contributed by atoms with E-state index in [9.17, 15) is 0 Å². The van der Waals surface area contributed by atoms with E-state index in [0.717, 1.165) is 39.4 Å². The first-order valence-corrected chi connectivity index (χ1v) is 6.69. The molecule has 0 aliphatic carbocycles. The molecule has 1 aromatic carbocycles. The van der Waals surface area contributed by atoms with Crippen LogP contribution < -0.4 is 5.73 Å². The first-order valence-electron chi connectivity index (χ1n) is 6.69. The van der Waals surface area contributed by atoms with E-state index in [0.29, 0.717) is 6.54 Å². The van der Waals surface area contributed by atoms with Gasteiger partial charge in [-0.3, -0.25) is 4.68 Å². The Labute approximate surface area is 118 Å². The van der Waals surface area contributed by atoms with Crippen molar-refractivity contribution < 1.29 is 0 Å². The summed E-state index contributed by atoms with van der Waals surface area (Å²) in [4.78, 5) is 4.76. The number of hydrogen-bond acceptors (Lipinski definition) is 3. The molecule has 2 heterocycles. The monoisotopic (exact) mass is 269 g/mol. The molecule has 0 fully saturated rings. The summed E-state index contributed by atoms with van der Waals surface area (Å²) in [6.07, 6.45) is 0. The maximum Gasteiger partial charge on any atom is 0.144 e. The average Bonchev–Trinajstić information content (AvgIpc) is 2.87. The number of rotatable bonds is 2. The van der Waals surface area contributed by atoms with Crippen molar-refractivity contribution in [2.45, 2.75) is 20.4 Å². The van der Waals surface area contributed by atoms with Crippen LogP contribution in [-0.4, -0.2) is 19.3 Å². The number of nitrogens with zero attached hydrogens (tertiary/aromatic N) is 4. The molecule has 20 heavy (non-hydrogen) atoms. The van der Waals surface area contributed by atoms with E-state index in [1.54, 1.807) is 0 Å². The van der Waals surface area contributed by atoms with Crippen molar-refractivity contribution in [3.8, 4) is 11.4 Å². The predicted molar refractivity (Wildman–Crippen MR) is 80.3 cm³/mol. The Morgan fingerprint density at radius 2 is 1.95 bits per heavy atom. The molecule has 0 atom stereocenters. The number of fused-ring (bicyclic) bond motifs is 1. The zero-order valence-electron chi connectivity index (χ0n) is 12.3. The zero-order valence-corrected chi connectivity index (χ0v) is 12.3. The van der Waals surface area contributed by atoms with Gasteiger partial charge in [0.1, 0.15) is 5.82 Å². The van der Waals surface area contributed by atoms with Crippen molar-refractivity contribution in [3.63, 3.8) is 0 Å². The van der Waals surface area contributed by atoms with Crippen LogP contribution in [0.25, 0.3) is 22.4 Å². The van der Waals surface area contributed by atoms with Crippen LogP contribution in [0.5, 0.6) is 0 Å². The van der Waals surface area contributed by atoms with Crippen molar-refractivity contribution in [2.24, 2.45) is 19.8 Å². The summed E-state index contributed by atoms with van der Waals surface area (Å²) >= 11 is 0. The SMILES string of the molecule is Cc1nn(C)c(C)c1-c1nc2ccc(CN)cc2n1C. The van der Waals surface area contributed by atoms with Crippen LogP contribution in [0.2, 0.25) is 0 Å². The minimum absolute atomic E-state index is 0.543. The van der Waals surface area contributed by atoms with Crippen molar-refractivity contribution in [3.05, 3.63) is 35.2 Å². The molecular formula is C15H19N5. The molecule has 2 aromatic heterocycles. The number of aromatic nitrogens is 4. The third-order valence-corrected chi connectivity index (χ3v) is 3.91. The van der Waals surface area contributed by atoms with Gasteiger partial charge in [0.25, 0.3) is 0 Å². The summed E-state index contributed by atoms with van der Waals surface area (Å²) in [5.74, 6) is 0.956. The van der Waals surface area contributed by atoms with Crippen molar-refractivity contribution in [1.29, 1.82) is 0 Å². The summed E-state index contributed by atoms with van der Waals surface area (Å²) in [5.41, 5.74) is 12.2. The van der Waals surface area contributed by atoms with E-state index in [1.807, 2.05) is 37.8 Å². The molecule has 0 spiro atoms. The molecule has 2 N–H and O–H groups in total. The molecule has 5 heteroatoms. The predicted octanol–water partition coefficient (Wildman–Crippen LogP) is 2.05. The average molecular weight is 269 g/mol. The van der Waals surface area contributed by atoms with Crippen LogP contribution in [0, 0.1) is 13.8 Å². The maximum atomic E-state index is 5.72. The standard InChI is InChI=1S/C15H19N5/c1-9-14(10(2)20(4)18-9)15-17-12-6-5-11(8-16)7-13(12)19(15)3/h5-7H,8,16H2,1-4H3. The third kappa shape index (κ3) is 1.74. The molecule has 0 bridgehead atoms. The van der Waals surface area contributed by atoms with Crippen LogP contribution in [-0.2, 0) is 20.6 Å². The summed E-state index contributed by atoms with van der Waals surface area (Å²) in [5, 5.41) is 4.48. The molecule has 5 nitrogen and oxygen atoms in total. The maximum absolute atomic E-state index is 5.72. The highest BCUT2D eigenvalue weighted by Crippen LogP contribution is 2.28. The van der Waals surface area contributed by atoms with E-state index in [1.165, 1.54) is 0 Å². The molecular weight excluding hydrogens is 250 g/mol. The van der Waals surface area contributed by atoms with Crippen LogP contribution in [0.15, 0.2) is 18.2 Å². The Morgan fingerprint density at radius 3 is 2.55 bits per heavy atom. The summed E-state index contributed by atoms with van der Waals surface area (Å²) in [7, 11) is 4.00. The van der Waals surface area contributed by atoms with E-state index >= 15 is 0 Å². The molecule has 0 saturated heterocycles. The van der Waals surface area contributed by atoms with E-state index in [-0.39, 0.29) is 0 Å². The summed E-state index contributed by atoms with van der Waals surface area (Å²) < 4.78 is 4.01. The number of hydrogen-bond donors (Lipinski definition) is 1. The molecule has 0 amide bonds. The second-order valence-corrected chi connectivity index (χ2v) is 5.19. The highest BCUT2D eigenvalue weighted by Gasteiger charge is 2.18. The second-order valence-electron chi connectivity index (χ2n) is 5.19. The largest absolute Gasteiger partial charge is 0.327 e. The van der Waals surface area contributed by atoms with Crippen molar-refractivity contribution in [2.75, 3.05) is 0 Å². The van der Waals surface area contributed by atoms with Crippen LogP contribution in [0.3, 0.4) is 0 Å². The van der Waals surface area contributed by atoms with Crippen LogP contribution >= 0.6 is 0 Å². The Bertz CT molecular complexity index is 794. The van der Waals surface area contributed by atoms with E-state index < -0.39 is 0 Å². The topological polar surface area (TPSA) is 61.7 Å². The number of imidazole rings is 1. The van der Waals surface area contributed by atoms with Crippen LogP contribution in [0.4, 0.5) is 0 Å². The molecule has 104 valence electrons. The fraction of sp³-hybridized carbons (Fsp3) is 0.333. The van der Waals surface area contributed by atoms with Gasteiger partial charge in [0.15, 0.2) is 0 Å². The van der Waals surface area contributed by atoms with Gasteiger partial charge in [-0.25, -0.2) is 4.98 Å². The van der Waals surface area contributed by atoms with Gasteiger partial charge in [-0.05, 0) is 31.5 Å². The Morgan fingerprint density at radius 1 is 1.20 bits per heavy atom. The van der Waals surface area contributed by atoms with Gasteiger partial charge in [-0.2, -0.15) is 5.10 Å². The third-order valence-electron chi connectivity index (χ3n) is 3.91. The number of benzene rings is 1. The van der Waals surface area contributed by atoms with Crippen molar-refractivity contribution >= 4 is 11.0 Å². The zero-order chi connectivity index (χ0) is 14.4. The molecule has 0 radical (unpaired) electrons. The van der Waals surface area contributed by atoms with Crippen molar-refractivity contribution in [1.82, 2.24) is 19.3 Å². The van der Waals surface area contributed by atoms with E-state index in [4.69, 9.17) is 10.7 Å². The normalized spacial score (nSPS) is 11.4. The highest BCUT2D eigenvalue weighted by atomic mass is 15.3. The first-order chi connectivity index (χ1) is 9.52. The number of aryl methyl sites for hydroxylation is 3. The lowest BCUT2D eigenvalue weighted by atomic mass is 10.2. The fourth-order valence-electron chi connectivity index (χ4n) is 2.68.